The molecule has 1 aliphatic heterocycles. The summed E-state index contributed by atoms with van der Waals surface area (Å²) >= 11 is 0. The lowest BCUT2D eigenvalue weighted by Crippen LogP contribution is -2.34. The summed E-state index contributed by atoms with van der Waals surface area (Å²) in [6.07, 6.45) is 11.2. The Hall–Kier alpha value is -3.63. The summed E-state index contributed by atoms with van der Waals surface area (Å²) in [5, 5.41) is 4.19. The Balaban J connectivity index is 1.54. The summed E-state index contributed by atoms with van der Waals surface area (Å²) in [7, 11) is 2.04. The van der Waals surface area contributed by atoms with Gasteiger partial charge in [0.15, 0.2) is 0 Å². The minimum atomic E-state index is -0.0104. The summed E-state index contributed by atoms with van der Waals surface area (Å²) in [6, 6.07) is 8.04. The van der Waals surface area contributed by atoms with Gasteiger partial charge in [0.05, 0.1) is 11.9 Å². The molecule has 0 saturated heterocycles. The van der Waals surface area contributed by atoms with Gasteiger partial charge >= 0.3 is 0 Å². The number of carbonyl (C=O) groups is 1. The van der Waals surface area contributed by atoms with Crippen LogP contribution in [0.1, 0.15) is 30.7 Å². The molecule has 0 unspecified atom stereocenters. The molecule has 0 spiro atoms. The maximum Gasteiger partial charge on any atom is 0.246 e. The van der Waals surface area contributed by atoms with Crippen LogP contribution in [0.4, 0.5) is 11.5 Å². The van der Waals surface area contributed by atoms with Crippen LogP contribution in [0, 0.1) is 12.3 Å². The van der Waals surface area contributed by atoms with Gasteiger partial charge in [-0.2, -0.15) is 0 Å². The molecule has 0 aliphatic carbocycles. The van der Waals surface area contributed by atoms with Crippen LogP contribution in [-0.4, -0.2) is 51.9 Å². The molecule has 0 atom stereocenters. The standard InChI is InChI=1S/C25H27N5O2/c1-5-18-8-6-9-19(14-18)28-24-23-20-11-13-30(15-21(20)32-25(23)27-16-26-24)22(31)10-7-12-29(4)17(2)3/h1,6-10,14,16-17H,11-13,15H2,2-4H3,(H,26,27,28). The van der Waals surface area contributed by atoms with Gasteiger partial charge < -0.3 is 19.5 Å². The summed E-state index contributed by atoms with van der Waals surface area (Å²) in [5.41, 5.74) is 3.20. The van der Waals surface area contributed by atoms with Gasteiger partial charge in [-0.05, 0) is 45.5 Å². The Labute approximate surface area is 188 Å². The molecule has 0 bridgehead atoms. The Morgan fingerprint density at radius 1 is 1.41 bits per heavy atom. The molecule has 7 nitrogen and oxygen atoms in total. The van der Waals surface area contributed by atoms with Crippen LogP contribution in [0.5, 0.6) is 0 Å². The SMILES string of the molecule is C#Cc1cccc(Nc2ncnc3oc4c(c23)CCN(C(=O)C=CCN(C)C(C)C)C4)c1. The van der Waals surface area contributed by atoms with E-state index in [9.17, 15) is 4.79 Å². The molecule has 1 N–H and O–H groups in total. The fourth-order valence-corrected chi connectivity index (χ4v) is 3.67. The van der Waals surface area contributed by atoms with E-state index in [4.69, 9.17) is 10.8 Å². The molecule has 7 heteroatoms. The average molecular weight is 430 g/mol. The number of fused-ring (bicyclic) bond motifs is 3. The van der Waals surface area contributed by atoms with Gasteiger partial charge in [0.1, 0.15) is 17.9 Å². The van der Waals surface area contributed by atoms with Crippen molar-refractivity contribution in [3.63, 3.8) is 0 Å². The van der Waals surface area contributed by atoms with E-state index in [-0.39, 0.29) is 5.91 Å². The highest BCUT2D eigenvalue weighted by Crippen LogP contribution is 2.34. The van der Waals surface area contributed by atoms with Crippen LogP contribution >= 0.6 is 0 Å². The molecule has 0 radical (unpaired) electrons. The van der Waals surface area contributed by atoms with E-state index in [1.165, 1.54) is 6.33 Å². The highest BCUT2D eigenvalue weighted by molar-refractivity contribution is 5.93. The number of aromatic nitrogens is 2. The number of furan rings is 1. The molecular weight excluding hydrogens is 402 g/mol. The Morgan fingerprint density at radius 2 is 2.25 bits per heavy atom. The molecular formula is C25H27N5O2. The van der Waals surface area contributed by atoms with Gasteiger partial charge in [0.25, 0.3) is 0 Å². The van der Waals surface area contributed by atoms with Crippen molar-refractivity contribution in [1.29, 1.82) is 0 Å². The van der Waals surface area contributed by atoms with Gasteiger partial charge in [-0.15, -0.1) is 6.42 Å². The van der Waals surface area contributed by atoms with E-state index in [0.29, 0.717) is 37.1 Å². The van der Waals surface area contributed by atoms with Crippen LogP contribution < -0.4 is 5.32 Å². The second-order valence-corrected chi connectivity index (χ2v) is 8.20. The van der Waals surface area contributed by atoms with Crippen LogP contribution in [0.3, 0.4) is 0 Å². The Morgan fingerprint density at radius 3 is 3.03 bits per heavy atom. The highest BCUT2D eigenvalue weighted by atomic mass is 16.3. The maximum atomic E-state index is 12.7. The van der Waals surface area contributed by atoms with Crippen molar-refractivity contribution in [3.05, 3.63) is 59.6 Å². The largest absolute Gasteiger partial charge is 0.440 e. The minimum absolute atomic E-state index is 0.0104. The van der Waals surface area contributed by atoms with E-state index in [1.54, 1.807) is 11.0 Å². The molecule has 1 aromatic carbocycles. The van der Waals surface area contributed by atoms with Gasteiger partial charge in [0, 0.05) is 42.0 Å². The van der Waals surface area contributed by atoms with Crippen LogP contribution in [-0.2, 0) is 17.8 Å². The first-order valence-electron chi connectivity index (χ1n) is 10.7. The zero-order valence-electron chi connectivity index (χ0n) is 18.6. The second-order valence-electron chi connectivity index (χ2n) is 8.20. The number of benzene rings is 1. The van der Waals surface area contributed by atoms with Crippen molar-refractivity contribution < 1.29 is 9.21 Å². The predicted molar refractivity (Wildman–Crippen MR) is 125 cm³/mol. The number of likely N-dealkylation sites (N-methyl/N-ethyl adjacent to an activating group) is 1. The normalized spacial score (nSPS) is 13.7. The number of rotatable bonds is 6. The highest BCUT2D eigenvalue weighted by Gasteiger charge is 2.27. The zero-order valence-corrected chi connectivity index (χ0v) is 18.6. The molecule has 4 rings (SSSR count). The quantitative estimate of drug-likeness (QED) is 0.475. The molecule has 0 saturated carbocycles. The van der Waals surface area contributed by atoms with Gasteiger partial charge in [-0.1, -0.05) is 18.1 Å². The summed E-state index contributed by atoms with van der Waals surface area (Å²) in [5.74, 6) is 4.06. The fraction of sp³-hybridized carbons (Fsp3) is 0.320. The van der Waals surface area contributed by atoms with Crippen molar-refractivity contribution in [2.75, 3.05) is 25.5 Å². The van der Waals surface area contributed by atoms with Gasteiger partial charge in [-0.25, -0.2) is 9.97 Å². The predicted octanol–water partition coefficient (Wildman–Crippen LogP) is 3.73. The third kappa shape index (κ3) is 4.51. The van der Waals surface area contributed by atoms with Crippen molar-refractivity contribution in [1.82, 2.24) is 19.8 Å². The number of amides is 1. The lowest BCUT2D eigenvalue weighted by molar-refractivity contribution is -0.127. The molecule has 0 fully saturated rings. The molecule has 2 aromatic heterocycles. The molecule has 164 valence electrons. The molecule has 3 heterocycles. The van der Waals surface area contributed by atoms with E-state index >= 15 is 0 Å². The van der Waals surface area contributed by atoms with Crippen molar-refractivity contribution in [2.45, 2.75) is 32.9 Å². The Bertz CT molecular complexity index is 1200. The van der Waals surface area contributed by atoms with Crippen molar-refractivity contribution >= 4 is 28.5 Å². The van der Waals surface area contributed by atoms with Crippen LogP contribution in [0.2, 0.25) is 0 Å². The van der Waals surface area contributed by atoms with E-state index < -0.39 is 0 Å². The summed E-state index contributed by atoms with van der Waals surface area (Å²) in [4.78, 5) is 25.4. The smallest absolute Gasteiger partial charge is 0.246 e. The molecule has 3 aromatic rings. The zero-order chi connectivity index (χ0) is 22.7. The molecule has 1 amide bonds. The number of hydrogen-bond donors (Lipinski definition) is 1. The first-order chi connectivity index (χ1) is 15.5. The minimum Gasteiger partial charge on any atom is -0.440 e. The second kappa shape index (κ2) is 9.25. The number of carbonyl (C=O) groups excluding carboxylic acids is 1. The van der Waals surface area contributed by atoms with E-state index in [2.05, 4.69) is 40.0 Å². The fourth-order valence-electron chi connectivity index (χ4n) is 3.67. The number of hydrogen-bond acceptors (Lipinski definition) is 6. The molecule has 32 heavy (non-hydrogen) atoms. The number of terminal acetylenes is 1. The third-order valence-electron chi connectivity index (χ3n) is 5.78. The first-order valence-corrected chi connectivity index (χ1v) is 10.7. The topological polar surface area (TPSA) is 74.5 Å². The summed E-state index contributed by atoms with van der Waals surface area (Å²) in [6.45, 7) is 6.02. The lowest BCUT2D eigenvalue weighted by Gasteiger charge is -2.25. The molecule has 1 aliphatic rings. The Kier molecular flexibility index (Phi) is 6.24. The number of nitrogens with zero attached hydrogens (tertiary/aromatic N) is 4. The monoisotopic (exact) mass is 429 g/mol. The van der Waals surface area contributed by atoms with Gasteiger partial charge in [-0.3, -0.25) is 4.79 Å². The van der Waals surface area contributed by atoms with Crippen LogP contribution in [0.25, 0.3) is 11.1 Å². The number of anilines is 2. The summed E-state index contributed by atoms with van der Waals surface area (Å²) < 4.78 is 6.02. The van der Waals surface area contributed by atoms with Crippen LogP contribution in [0.15, 0.2) is 47.2 Å². The van der Waals surface area contributed by atoms with E-state index in [1.807, 2.05) is 37.4 Å². The third-order valence-corrected chi connectivity index (χ3v) is 5.78. The average Bonchev–Trinajstić information content (AvgIpc) is 3.17. The van der Waals surface area contributed by atoms with Crippen molar-refractivity contribution in [2.24, 2.45) is 0 Å². The first kappa shape index (κ1) is 21.6. The number of nitrogens with one attached hydrogen (secondary N) is 1. The van der Waals surface area contributed by atoms with Gasteiger partial charge in [0.2, 0.25) is 11.6 Å². The lowest BCUT2D eigenvalue weighted by atomic mass is 10.0. The van der Waals surface area contributed by atoms with Crippen molar-refractivity contribution in [3.8, 4) is 12.3 Å². The maximum absolute atomic E-state index is 12.7. The van der Waals surface area contributed by atoms with E-state index in [0.717, 1.165) is 34.5 Å².